The van der Waals surface area contributed by atoms with Crippen molar-refractivity contribution >= 4 is 41.1 Å². The molecule has 14 fully saturated rings. The number of ether oxygens (including phenoxy) is 7. The number of nitro groups is 1. The fraction of sp³-hybridized carbons (Fsp3) is 0.899. The molecule has 18 nitrogen and oxygen atoms in total. The van der Waals surface area contributed by atoms with Crippen molar-refractivity contribution in [1.29, 1.82) is 0 Å². The molecule has 10 saturated carbocycles. The van der Waals surface area contributed by atoms with Gasteiger partial charge in [0.15, 0.2) is 0 Å². The lowest BCUT2D eigenvalue weighted by molar-refractivity contribution is -0.384. The smallest absolute Gasteiger partial charge is 0.446 e. The van der Waals surface area contributed by atoms with E-state index in [1.807, 2.05) is 32.6 Å². The molecule has 99 heavy (non-hydrogen) atoms. The summed E-state index contributed by atoms with van der Waals surface area (Å²) in [7, 11) is 0. The number of nitrogens with one attached hydrogen (secondary N) is 1. The van der Waals surface area contributed by atoms with E-state index >= 15 is 0 Å². The van der Waals surface area contributed by atoms with Gasteiger partial charge >= 0.3 is 12.2 Å². The number of benzene rings is 1. The number of halogens is 2. The van der Waals surface area contributed by atoms with E-state index in [1.54, 1.807) is 13.8 Å². The van der Waals surface area contributed by atoms with Gasteiger partial charge in [-0.1, -0.05) is 69.2 Å². The molecule has 4 aliphatic heterocycles. The van der Waals surface area contributed by atoms with Crippen LogP contribution in [0.3, 0.4) is 0 Å². The molecule has 4 saturated heterocycles. The maximum Gasteiger partial charge on any atom is 0.514 e. The molecule has 10 aliphatic carbocycles. The van der Waals surface area contributed by atoms with Crippen molar-refractivity contribution in [2.45, 2.75) is 299 Å². The third-order valence-corrected chi connectivity index (χ3v) is 31.8. The highest BCUT2D eigenvalue weighted by Crippen LogP contribution is 2.91. The minimum Gasteiger partial charge on any atom is -0.446 e. The van der Waals surface area contributed by atoms with Gasteiger partial charge in [0.1, 0.15) is 30.2 Å². The Labute approximate surface area is 601 Å². The maximum atomic E-state index is 13.0. The Balaban J connectivity index is 0.000000172. The first-order valence-electron chi connectivity index (χ1n) is 38.6. The Morgan fingerprint density at radius 2 is 1.02 bits per heavy atom. The molecule has 4 spiro atoms. The minimum atomic E-state index is -1.06. The van der Waals surface area contributed by atoms with E-state index < -0.39 is 46.7 Å². The number of carbonyl (C=O) groups is 2. The second kappa shape index (κ2) is 26.7. The molecule has 0 unspecified atom stereocenters. The SMILES string of the molecule is C1CNC1.CCO[C@@H]([C@H]1C[C@@H](C)[C@H]2[C@H](O1)[C@H](O)[C@@]1(C)[C@@H]3CC[C@H]4C(C)(C)[C@@H](OC(=O)N5CCC5)CC[C@@]45C[C@@]35CC[C@]21C)C(C)(C)O.CCO[C@@H]([C@H]1C[C@@H](C)[C@H]2[C@H](O1)[C@H](O)[C@@]1(C)[C@@H]3CC[C@H]4C(C)(C)[C@@H](OC(=O)Oc5ccc([N+](=O)[O-])cc5)CC[C@@]45C[C@@]35CC[C@]21C)C(C)(C)O.ClCCl. The molecule has 1 amide bonds. The van der Waals surface area contributed by atoms with E-state index in [4.69, 9.17) is 56.4 Å². The van der Waals surface area contributed by atoms with Crippen molar-refractivity contribution < 1.29 is 68.1 Å². The van der Waals surface area contributed by atoms with Crippen LogP contribution in [-0.4, -0.2) is 159 Å². The van der Waals surface area contributed by atoms with Crippen LogP contribution < -0.4 is 10.1 Å². The van der Waals surface area contributed by atoms with E-state index in [0.29, 0.717) is 60.1 Å². The van der Waals surface area contributed by atoms with Crippen LogP contribution in [0.15, 0.2) is 24.3 Å². The first-order chi connectivity index (χ1) is 46.4. The van der Waals surface area contributed by atoms with E-state index in [9.17, 15) is 40.1 Å². The van der Waals surface area contributed by atoms with Gasteiger partial charge in [-0.05, 0) is 262 Å². The summed E-state index contributed by atoms with van der Waals surface area (Å²) >= 11 is 9.53. The number of aliphatic hydroxyl groups is 4. The van der Waals surface area contributed by atoms with Gasteiger partial charge in [0.2, 0.25) is 0 Å². The van der Waals surface area contributed by atoms with Gasteiger partial charge in [-0.2, -0.15) is 0 Å². The fourth-order valence-electron chi connectivity index (χ4n) is 27.1. The number of hydrogen-bond donors (Lipinski definition) is 5. The van der Waals surface area contributed by atoms with Crippen molar-refractivity contribution in [3.8, 4) is 5.75 Å². The number of likely N-dealkylation sites (tertiary alicyclic amines) is 1. The summed E-state index contributed by atoms with van der Waals surface area (Å²) < 4.78 is 43.7. The minimum absolute atomic E-state index is 0.00329. The first kappa shape index (κ1) is 76.0. The van der Waals surface area contributed by atoms with E-state index in [2.05, 4.69) is 74.6 Å². The highest BCUT2D eigenvalue weighted by molar-refractivity contribution is 6.40. The van der Waals surface area contributed by atoms with Gasteiger partial charge in [0.25, 0.3) is 5.69 Å². The van der Waals surface area contributed by atoms with Crippen LogP contribution in [0.4, 0.5) is 15.3 Å². The number of nitro benzene ring substituents is 1. The number of alkyl halides is 2. The van der Waals surface area contributed by atoms with Crippen LogP contribution in [0.2, 0.25) is 0 Å². The van der Waals surface area contributed by atoms with Crippen LogP contribution in [0.1, 0.15) is 226 Å². The lowest BCUT2D eigenvalue weighted by Gasteiger charge is -2.63. The van der Waals surface area contributed by atoms with Crippen LogP contribution in [0, 0.1) is 112 Å². The highest BCUT2D eigenvalue weighted by Gasteiger charge is 2.87. The van der Waals surface area contributed by atoms with E-state index in [-0.39, 0.29) is 114 Å². The summed E-state index contributed by atoms with van der Waals surface area (Å²) in [6.07, 6.45) is 15.1. The number of non-ortho nitro benzene ring substituents is 1. The van der Waals surface area contributed by atoms with Crippen molar-refractivity contribution in [2.24, 2.45) is 101 Å². The van der Waals surface area contributed by atoms with Gasteiger partial charge in [-0.25, -0.2) is 9.59 Å². The van der Waals surface area contributed by atoms with Gasteiger partial charge in [0, 0.05) is 60.1 Å². The second-order valence-corrected chi connectivity index (χ2v) is 38.1. The molecule has 14 aliphatic rings. The number of carbonyl (C=O) groups excluding carboxylic acids is 2. The molecule has 1 aromatic carbocycles. The Morgan fingerprint density at radius 1 is 0.636 bits per heavy atom. The van der Waals surface area contributed by atoms with Crippen molar-refractivity contribution in [2.75, 3.05) is 44.7 Å². The van der Waals surface area contributed by atoms with Gasteiger partial charge in [-0.15, -0.1) is 23.2 Å². The zero-order valence-corrected chi connectivity index (χ0v) is 64.3. The quantitative estimate of drug-likeness (QED) is 0.0430. The van der Waals surface area contributed by atoms with Gasteiger partial charge in [-0.3, -0.25) is 10.1 Å². The standard InChI is InChI=1S/C39H57NO9.C36H59NO6.C3H7N.CH2Cl2/c1-9-46-32(35(5,6)43)25-20-22(2)29-30(48-25)31(41)37(8)27-15-14-26-34(3,4)28(16-17-38(26)21-39(27,38)19-18-36(29,37)7)49-33(42)47-24-12-10-23(11-13-24)40(44)45;1-9-41-29(32(5,6)40)22-19-21(2)26-27(42-22)28(38)34(8)24-12-11-23-31(3,4)25(43-30(39)37-17-10-18-37)13-14-35(23)20-36(24,35)16-15-33(26,34)7;1-2-4-3-1;2-1-3/h10-13,22,25-32,41,43H,9,14-21H2,1-8H3;21-29,38,40H,9-20H2,1-8H3;4H,1-3H2;1H2/t22-,25-,26+,27+,28+,29+,30+,31+,32+,36-,37-,38-,39+;21-,22-,23+,24+,25+,26+,27+,28+,29+,33-,34-,35-,36+;;/m11../s1. The zero-order valence-electron chi connectivity index (χ0n) is 62.8. The molecule has 560 valence electrons. The predicted octanol–water partition coefficient (Wildman–Crippen LogP) is 15.1. The highest BCUT2D eigenvalue weighted by atomic mass is 35.5. The molecule has 26 atom stereocenters. The third kappa shape index (κ3) is 11.6. The molecule has 0 radical (unpaired) electrons. The second-order valence-electron chi connectivity index (χ2n) is 37.3. The third-order valence-electron chi connectivity index (χ3n) is 31.8. The van der Waals surface area contributed by atoms with Crippen LogP contribution >= 0.6 is 23.2 Å². The summed E-state index contributed by atoms with van der Waals surface area (Å²) in [5.41, 5.74) is -2.16. The summed E-state index contributed by atoms with van der Waals surface area (Å²) in [5, 5.41) is 61.4. The largest absolute Gasteiger partial charge is 0.514 e. The van der Waals surface area contributed by atoms with E-state index in [1.165, 1.54) is 56.6 Å². The normalized spacial score (nSPS) is 46.2. The maximum absolute atomic E-state index is 13.0. The first-order valence-corrected chi connectivity index (χ1v) is 39.7. The molecule has 0 bridgehead atoms. The number of hydrogen-bond acceptors (Lipinski definition) is 16. The molecule has 5 N–H and O–H groups in total. The predicted molar refractivity (Wildman–Crippen MR) is 380 cm³/mol. The van der Waals surface area contributed by atoms with Crippen molar-refractivity contribution in [3.05, 3.63) is 34.4 Å². The molecule has 4 heterocycles. The number of aliphatic hydroxyl groups excluding tert-OH is 2. The molecular weight excluding hydrogens is 1300 g/mol. The van der Waals surface area contributed by atoms with E-state index in [0.717, 1.165) is 109 Å². The average molecular weight is 1430 g/mol. The molecule has 1 aromatic rings. The molecular formula is C79H125Cl2N3O15. The zero-order chi connectivity index (χ0) is 72.0. The monoisotopic (exact) mass is 1430 g/mol. The fourth-order valence-corrected chi connectivity index (χ4v) is 27.1. The number of nitrogens with zero attached hydrogens (tertiary/aromatic N) is 2. The van der Waals surface area contributed by atoms with Gasteiger partial charge < -0.3 is 63.8 Å². The van der Waals surface area contributed by atoms with Gasteiger partial charge in [0.05, 0.1) is 58.1 Å². The topological polar surface area (TPSA) is 238 Å². The number of fused-ring (bicyclic) bond motifs is 8. The number of amides is 1. The Hall–Kier alpha value is -2.62. The lowest BCUT2D eigenvalue weighted by atomic mass is 9.41. The summed E-state index contributed by atoms with van der Waals surface area (Å²) in [6, 6.07) is 5.45. The molecule has 15 rings (SSSR count). The summed E-state index contributed by atoms with van der Waals surface area (Å²) in [5.74, 6) is 3.23. The number of rotatable bonds is 12. The summed E-state index contributed by atoms with van der Waals surface area (Å²) in [4.78, 5) is 38.2. The van der Waals surface area contributed by atoms with Crippen LogP contribution in [0.25, 0.3) is 0 Å². The Bertz CT molecular complexity index is 3100. The van der Waals surface area contributed by atoms with Crippen LogP contribution in [0.5, 0.6) is 5.75 Å². The molecule has 20 heteroatoms. The lowest BCUT2D eigenvalue weighted by Crippen LogP contribution is -2.60. The Kier molecular flexibility index (Phi) is 20.5. The van der Waals surface area contributed by atoms with Crippen molar-refractivity contribution in [3.63, 3.8) is 0 Å². The van der Waals surface area contributed by atoms with Crippen LogP contribution in [-0.2, 0) is 28.4 Å². The summed E-state index contributed by atoms with van der Waals surface area (Å²) in [6.45, 7) is 40.0. The van der Waals surface area contributed by atoms with Crippen molar-refractivity contribution in [1.82, 2.24) is 10.2 Å². The average Bonchev–Trinajstić information content (AvgIpc) is 1.47. The Morgan fingerprint density at radius 3 is 1.37 bits per heavy atom. The molecule has 0 aromatic heterocycles.